The van der Waals surface area contributed by atoms with E-state index in [9.17, 15) is 14.4 Å². The number of likely N-dealkylation sites (N-methyl/N-ethyl adjacent to an activating group) is 1. The molecule has 2 aromatic carbocycles. The van der Waals surface area contributed by atoms with Crippen LogP contribution in [0.15, 0.2) is 54.6 Å². The Morgan fingerprint density at radius 1 is 1.03 bits per heavy atom. The lowest BCUT2D eigenvalue weighted by Crippen LogP contribution is -2.49. The number of nitrogens with zero attached hydrogens (tertiary/aromatic N) is 3. The Labute approximate surface area is 169 Å². The van der Waals surface area contributed by atoms with Crippen molar-refractivity contribution in [3.05, 3.63) is 71.3 Å². The minimum atomic E-state index is -0.377. The number of hydrogen-bond acceptors (Lipinski definition) is 4. The molecule has 1 N–H and O–H groups in total. The molecule has 0 radical (unpaired) electrons. The van der Waals surface area contributed by atoms with Gasteiger partial charge in [-0.3, -0.25) is 14.5 Å². The molecule has 0 unspecified atom stereocenters. The van der Waals surface area contributed by atoms with Crippen molar-refractivity contribution in [2.75, 3.05) is 33.2 Å². The van der Waals surface area contributed by atoms with Crippen LogP contribution in [0.4, 0.5) is 4.79 Å². The topological polar surface area (TPSA) is 73.0 Å². The van der Waals surface area contributed by atoms with Gasteiger partial charge in [0.15, 0.2) is 0 Å². The Morgan fingerprint density at radius 3 is 2.41 bits per heavy atom. The number of carbonyl (C=O) groups is 3. The summed E-state index contributed by atoms with van der Waals surface area (Å²) in [4.78, 5) is 42.0. The van der Waals surface area contributed by atoms with Crippen LogP contribution in [0.3, 0.4) is 0 Å². The van der Waals surface area contributed by atoms with E-state index in [2.05, 4.69) is 29.4 Å². The number of piperazine rings is 1. The van der Waals surface area contributed by atoms with Crippen molar-refractivity contribution < 1.29 is 14.4 Å². The first-order valence-electron chi connectivity index (χ1n) is 9.74. The number of urea groups is 1. The van der Waals surface area contributed by atoms with Gasteiger partial charge in [0, 0.05) is 25.2 Å². The zero-order chi connectivity index (χ0) is 20.4. The molecular formula is C22H24N4O3. The highest BCUT2D eigenvalue weighted by molar-refractivity contribution is 6.01. The molecule has 7 heteroatoms. The Hall–Kier alpha value is -3.19. The number of amides is 4. The summed E-state index contributed by atoms with van der Waals surface area (Å²) in [6.45, 7) is 2.54. The van der Waals surface area contributed by atoms with Crippen LogP contribution in [-0.4, -0.2) is 65.8 Å². The Bertz CT molecular complexity index is 897. The molecule has 2 heterocycles. The highest BCUT2D eigenvalue weighted by atomic mass is 16.2. The monoisotopic (exact) mass is 392 g/mol. The third kappa shape index (κ3) is 4.00. The Kier molecular flexibility index (Phi) is 5.31. The van der Waals surface area contributed by atoms with Gasteiger partial charge in [0.1, 0.15) is 0 Å². The summed E-state index contributed by atoms with van der Waals surface area (Å²) in [7, 11) is 2.07. The quantitative estimate of drug-likeness (QED) is 0.807. The second-order valence-electron chi connectivity index (χ2n) is 7.52. The van der Waals surface area contributed by atoms with Gasteiger partial charge >= 0.3 is 6.03 Å². The molecule has 0 bridgehead atoms. The molecule has 2 aliphatic rings. The van der Waals surface area contributed by atoms with E-state index < -0.39 is 0 Å². The molecule has 2 aliphatic heterocycles. The van der Waals surface area contributed by atoms with Gasteiger partial charge in [0.05, 0.1) is 19.1 Å². The van der Waals surface area contributed by atoms with Crippen molar-refractivity contribution in [2.45, 2.75) is 12.6 Å². The third-order valence-corrected chi connectivity index (χ3v) is 5.51. The first-order chi connectivity index (χ1) is 14.0. The van der Waals surface area contributed by atoms with Gasteiger partial charge in [-0.05, 0) is 30.3 Å². The average molecular weight is 392 g/mol. The first-order valence-corrected chi connectivity index (χ1v) is 9.74. The van der Waals surface area contributed by atoms with Gasteiger partial charge in [-0.1, -0.05) is 42.5 Å². The molecule has 29 heavy (non-hydrogen) atoms. The van der Waals surface area contributed by atoms with E-state index in [-0.39, 0.29) is 37.0 Å². The third-order valence-electron chi connectivity index (χ3n) is 5.51. The standard InChI is InChI=1S/C22H24N4O3/c1-24-11-12-25(19(15-24)17-5-3-2-4-6-17)21(28)18-9-7-16(8-10-18)14-26-20(27)13-23-22(26)29/h2-10,19H,11-15H2,1H3,(H,23,29)/t19-/m1/s1. The van der Waals surface area contributed by atoms with Crippen molar-refractivity contribution in [3.8, 4) is 0 Å². The summed E-state index contributed by atoms with van der Waals surface area (Å²) < 4.78 is 0. The van der Waals surface area contributed by atoms with Crippen LogP contribution < -0.4 is 5.32 Å². The van der Waals surface area contributed by atoms with Gasteiger partial charge in [0.2, 0.25) is 5.91 Å². The molecule has 4 rings (SSSR count). The van der Waals surface area contributed by atoms with Crippen molar-refractivity contribution in [2.24, 2.45) is 0 Å². The van der Waals surface area contributed by atoms with Crippen LogP contribution >= 0.6 is 0 Å². The molecule has 150 valence electrons. The van der Waals surface area contributed by atoms with E-state index in [1.165, 1.54) is 4.90 Å². The van der Waals surface area contributed by atoms with E-state index in [0.717, 1.165) is 24.2 Å². The van der Waals surface area contributed by atoms with Crippen LogP contribution in [0, 0.1) is 0 Å². The maximum Gasteiger partial charge on any atom is 0.324 e. The van der Waals surface area contributed by atoms with Gasteiger partial charge in [0.25, 0.3) is 5.91 Å². The van der Waals surface area contributed by atoms with E-state index in [1.807, 2.05) is 23.1 Å². The molecule has 0 aromatic heterocycles. The Morgan fingerprint density at radius 2 is 1.76 bits per heavy atom. The van der Waals surface area contributed by atoms with Gasteiger partial charge in [-0.25, -0.2) is 4.79 Å². The summed E-state index contributed by atoms with van der Waals surface area (Å²) in [6.07, 6.45) is 0. The number of rotatable bonds is 4. The number of carbonyl (C=O) groups excluding carboxylic acids is 3. The average Bonchev–Trinajstić information content (AvgIpc) is 3.06. The fourth-order valence-corrected chi connectivity index (χ4v) is 3.84. The smallest absolute Gasteiger partial charge is 0.324 e. The number of nitrogens with one attached hydrogen (secondary N) is 1. The molecule has 2 saturated heterocycles. The molecular weight excluding hydrogens is 368 g/mol. The van der Waals surface area contributed by atoms with Gasteiger partial charge in [-0.2, -0.15) is 0 Å². The summed E-state index contributed by atoms with van der Waals surface area (Å²) in [6, 6.07) is 16.9. The predicted octanol–water partition coefficient (Wildman–Crippen LogP) is 1.87. The largest absolute Gasteiger partial charge is 0.329 e. The summed E-state index contributed by atoms with van der Waals surface area (Å²) in [5.74, 6) is -0.244. The highest BCUT2D eigenvalue weighted by Gasteiger charge is 2.31. The van der Waals surface area contributed by atoms with E-state index >= 15 is 0 Å². The summed E-state index contributed by atoms with van der Waals surface area (Å²) >= 11 is 0. The van der Waals surface area contributed by atoms with Crippen LogP contribution in [0.1, 0.15) is 27.5 Å². The maximum absolute atomic E-state index is 13.2. The van der Waals surface area contributed by atoms with E-state index in [0.29, 0.717) is 12.1 Å². The second-order valence-corrected chi connectivity index (χ2v) is 7.52. The lowest BCUT2D eigenvalue weighted by molar-refractivity contribution is -0.125. The molecule has 1 atom stereocenters. The van der Waals surface area contributed by atoms with Crippen molar-refractivity contribution >= 4 is 17.8 Å². The SMILES string of the molecule is CN1CCN(C(=O)c2ccc(CN3C(=O)CNC3=O)cc2)[C@@H](c2ccccc2)C1. The van der Waals surface area contributed by atoms with Crippen LogP contribution in [0.5, 0.6) is 0 Å². The minimum absolute atomic E-state index is 0.00602. The normalized spacial score (nSPS) is 20.1. The highest BCUT2D eigenvalue weighted by Crippen LogP contribution is 2.26. The number of imide groups is 1. The van der Waals surface area contributed by atoms with Gasteiger partial charge in [-0.15, -0.1) is 0 Å². The minimum Gasteiger partial charge on any atom is -0.329 e. The first kappa shape index (κ1) is 19.1. The number of hydrogen-bond donors (Lipinski definition) is 1. The molecule has 2 fully saturated rings. The molecule has 0 saturated carbocycles. The predicted molar refractivity (Wildman–Crippen MR) is 108 cm³/mol. The van der Waals surface area contributed by atoms with Crippen molar-refractivity contribution in [3.63, 3.8) is 0 Å². The molecule has 0 spiro atoms. The van der Waals surface area contributed by atoms with Crippen LogP contribution in [0.2, 0.25) is 0 Å². The van der Waals surface area contributed by atoms with E-state index in [4.69, 9.17) is 0 Å². The lowest BCUT2D eigenvalue weighted by Gasteiger charge is -2.40. The number of benzene rings is 2. The van der Waals surface area contributed by atoms with Crippen molar-refractivity contribution in [1.29, 1.82) is 0 Å². The Balaban J connectivity index is 1.50. The van der Waals surface area contributed by atoms with Crippen LogP contribution in [0.25, 0.3) is 0 Å². The zero-order valence-corrected chi connectivity index (χ0v) is 16.4. The molecule has 2 aromatic rings. The molecule has 7 nitrogen and oxygen atoms in total. The fourth-order valence-electron chi connectivity index (χ4n) is 3.84. The maximum atomic E-state index is 13.2. The molecule has 0 aliphatic carbocycles. The second kappa shape index (κ2) is 8.05. The molecule has 4 amide bonds. The van der Waals surface area contributed by atoms with Crippen LogP contribution in [-0.2, 0) is 11.3 Å². The van der Waals surface area contributed by atoms with Gasteiger partial charge < -0.3 is 15.1 Å². The fraction of sp³-hybridized carbons (Fsp3) is 0.318. The zero-order valence-electron chi connectivity index (χ0n) is 16.4. The summed E-state index contributed by atoms with van der Waals surface area (Å²) in [5, 5.41) is 2.51. The lowest BCUT2D eigenvalue weighted by atomic mass is 10.0. The summed E-state index contributed by atoms with van der Waals surface area (Å²) in [5.41, 5.74) is 2.55. The van der Waals surface area contributed by atoms with E-state index in [1.54, 1.807) is 24.3 Å². The van der Waals surface area contributed by atoms with Crippen molar-refractivity contribution in [1.82, 2.24) is 20.0 Å².